The fraction of sp³-hybridized carbons (Fsp3) is 0.417. The zero-order valence-corrected chi connectivity index (χ0v) is 10.3. The standard InChI is InChI=1S/C12H16ClN3/c1-3-12(2,7-14)11-15-9-5-4-8(13)6-10(9)16-11/h4-6H,3,7,14H2,1-2H3,(H,15,16). The van der Waals surface area contributed by atoms with Gasteiger partial charge in [-0.1, -0.05) is 25.4 Å². The molecule has 0 amide bonds. The Balaban J connectivity index is 2.54. The first-order valence-electron chi connectivity index (χ1n) is 5.45. The summed E-state index contributed by atoms with van der Waals surface area (Å²) in [4.78, 5) is 7.88. The first-order valence-corrected chi connectivity index (χ1v) is 5.82. The van der Waals surface area contributed by atoms with Crippen molar-refractivity contribution in [1.82, 2.24) is 9.97 Å². The highest BCUT2D eigenvalue weighted by molar-refractivity contribution is 6.31. The molecule has 0 fully saturated rings. The van der Waals surface area contributed by atoms with Crippen LogP contribution in [-0.4, -0.2) is 16.5 Å². The number of nitrogens with one attached hydrogen (secondary N) is 1. The van der Waals surface area contributed by atoms with Gasteiger partial charge in [-0.2, -0.15) is 0 Å². The number of nitrogens with two attached hydrogens (primary N) is 1. The third-order valence-corrected chi connectivity index (χ3v) is 3.48. The highest BCUT2D eigenvalue weighted by Crippen LogP contribution is 2.26. The van der Waals surface area contributed by atoms with E-state index in [1.165, 1.54) is 0 Å². The van der Waals surface area contributed by atoms with Crippen LogP contribution in [0.5, 0.6) is 0 Å². The van der Waals surface area contributed by atoms with Crippen LogP contribution in [0.3, 0.4) is 0 Å². The summed E-state index contributed by atoms with van der Waals surface area (Å²) in [6.07, 6.45) is 0.955. The van der Waals surface area contributed by atoms with Crippen molar-refractivity contribution in [3.05, 3.63) is 29.0 Å². The van der Waals surface area contributed by atoms with Gasteiger partial charge in [-0.15, -0.1) is 0 Å². The summed E-state index contributed by atoms with van der Waals surface area (Å²) < 4.78 is 0. The first-order chi connectivity index (χ1) is 7.59. The summed E-state index contributed by atoms with van der Waals surface area (Å²) in [5, 5.41) is 0.716. The van der Waals surface area contributed by atoms with Crippen LogP contribution >= 0.6 is 11.6 Å². The monoisotopic (exact) mass is 237 g/mol. The van der Waals surface area contributed by atoms with Gasteiger partial charge in [0.25, 0.3) is 0 Å². The number of halogens is 1. The molecule has 86 valence electrons. The van der Waals surface area contributed by atoms with Crippen LogP contribution < -0.4 is 5.73 Å². The lowest BCUT2D eigenvalue weighted by molar-refractivity contribution is 0.443. The molecule has 1 aromatic heterocycles. The van der Waals surface area contributed by atoms with Crippen molar-refractivity contribution in [3.8, 4) is 0 Å². The molecule has 3 N–H and O–H groups in total. The predicted octanol–water partition coefficient (Wildman–Crippen LogP) is 2.84. The number of nitrogens with zero attached hydrogens (tertiary/aromatic N) is 1. The quantitative estimate of drug-likeness (QED) is 0.863. The van der Waals surface area contributed by atoms with Crippen molar-refractivity contribution in [3.63, 3.8) is 0 Å². The van der Waals surface area contributed by atoms with Crippen molar-refractivity contribution in [2.45, 2.75) is 25.7 Å². The van der Waals surface area contributed by atoms with Gasteiger partial charge in [-0.3, -0.25) is 0 Å². The van der Waals surface area contributed by atoms with Gasteiger partial charge in [0.15, 0.2) is 0 Å². The molecular weight excluding hydrogens is 222 g/mol. The maximum absolute atomic E-state index is 5.94. The van der Waals surface area contributed by atoms with Crippen LogP contribution in [0.2, 0.25) is 5.02 Å². The Morgan fingerprint density at radius 3 is 2.88 bits per heavy atom. The molecule has 1 atom stereocenters. The van der Waals surface area contributed by atoms with Crippen LogP contribution in [0.1, 0.15) is 26.1 Å². The lowest BCUT2D eigenvalue weighted by Gasteiger charge is -2.23. The van der Waals surface area contributed by atoms with Crippen molar-refractivity contribution >= 4 is 22.6 Å². The van der Waals surface area contributed by atoms with Crippen molar-refractivity contribution in [2.75, 3.05) is 6.54 Å². The van der Waals surface area contributed by atoms with Gasteiger partial charge >= 0.3 is 0 Å². The van der Waals surface area contributed by atoms with E-state index in [0.29, 0.717) is 11.6 Å². The molecule has 0 radical (unpaired) electrons. The van der Waals surface area contributed by atoms with Gasteiger partial charge in [0.2, 0.25) is 0 Å². The van der Waals surface area contributed by atoms with E-state index in [0.717, 1.165) is 23.3 Å². The molecule has 2 rings (SSSR count). The minimum absolute atomic E-state index is 0.0918. The number of rotatable bonds is 3. The Hall–Kier alpha value is -1.06. The number of hydrogen-bond acceptors (Lipinski definition) is 2. The SMILES string of the molecule is CCC(C)(CN)c1nc2ccc(Cl)cc2[nH]1. The normalized spacial score (nSPS) is 15.2. The highest BCUT2D eigenvalue weighted by Gasteiger charge is 2.26. The number of fused-ring (bicyclic) bond motifs is 1. The van der Waals surface area contributed by atoms with Gasteiger partial charge in [0.1, 0.15) is 5.82 Å². The molecule has 0 aliphatic carbocycles. The van der Waals surface area contributed by atoms with Crippen LogP contribution in [0.15, 0.2) is 18.2 Å². The number of aromatic nitrogens is 2. The topological polar surface area (TPSA) is 54.7 Å². The van der Waals surface area contributed by atoms with E-state index in [1.807, 2.05) is 18.2 Å². The molecule has 1 aromatic carbocycles. The minimum atomic E-state index is -0.0918. The molecule has 16 heavy (non-hydrogen) atoms. The molecule has 4 heteroatoms. The number of imidazole rings is 1. The van der Waals surface area contributed by atoms with E-state index in [1.54, 1.807) is 0 Å². The minimum Gasteiger partial charge on any atom is -0.341 e. The van der Waals surface area contributed by atoms with Gasteiger partial charge in [-0.05, 0) is 24.6 Å². The average Bonchev–Trinajstić information content (AvgIpc) is 2.71. The maximum atomic E-state index is 5.94. The third kappa shape index (κ3) is 1.81. The molecule has 0 aliphatic rings. The highest BCUT2D eigenvalue weighted by atomic mass is 35.5. The van der Waals surface area contributed by atoms with Crippen molar-refractivity contribution in [2.24, 2.45) is 5.73 Å². The van der Waals surface area contributed by atoms with Gasteiger partial charge < -0.3 is 10.7 Å². The predicted molar refractivity (Wildman–Crippen MR) is 67.8 cm³/mol. The Bertz CT molecular complexity index is 500. The van der Waals surface area contributed by atoms with E-state index in [4.69, 9.17) is 17.3 Å². The average molecular weight is 238 g/mol. The molecule has 0 spiro atoms. The van der Waals surface area contributed by atoms with Crippen LogP contribution in [0.4, 0.5) is 0 Å². The summed E-state index contributed by atoms with van der Waals surface area (Å²) in [6, 6.07) is 5.66. The summed E-state index contributed by atoms with van der Waals surface area (Å²) in [5.74, 6) is 0.940. The lowest BCUT2D eigenvalue weighted by Crippen LogP contribution is -2.32. The number of benzene rings is 1. The molecule has 0 aliphatic heterocycles. The number of aromatic amines is 1. The molecule has 0 saturated carbocycles. The van der Waals surface area contributed by atoms with Gasteiger partial charge in [0, 0.05) is 17.0 Å². The smallest absolute Gasteiger partial charge is 0.114 e. The van der Waals surface area contributed by atoms with E-state index in [-0.39, 0.29) is 5.41 Å². The zero-order chi connectivity index (χ0) is 11.8. The Kier molecular flexibility index (Phi) is 2.91. The second kappa shape index (κ2) is 4.07. The molecule has 2 aromatic rings. The van der Waals surface area contributed by atoms with Crippen molar-refractivity contribution in [1.29, 1.82) is 0 Å². The Morgan fingerprint density at radius 1 is 1.50 bits per heavy atom. The fourth-order valence-electron chi connectivity index (χ4n) is 1.68. The van der Waals surface area contributed by atoms with Crippen LogP contribution in [-0.2, 0) is 5.41 Å². The molecule has 0 bridgehead atoms. The van der Waals surface area contributed by atoms with Crippen molar-refractivity contribution < 1.29 is 0 Å². The number of hydrogen-bond donors (Lipinski definition) is 2. The second-order valence-corrected chi connectivity index (χ2v) is 4.80. The van der Waals surface area contributed by atoms with Gasteiger partial charge in [-0.25, -0.2) is 4.98 Å². The summed E-state index contributed by atoms with van der Waals surface area (Å²) >= 11 is 5.94. The van der Waals surface area contributed by atoms with Crippen LogP contribution in [0, 0.1) is 0 Å². The summed E-state index contributed by atoms with van der Waals surface area (Å²) in [5.41, 5.74) is 7.63. The Labute approximate surface area is 100 Å². The lowest BCUT2D eigenvalue weighted by atomic mass is 9.87. The first kappa shape index (κ1) is 11.4. The molecular formula is C12H16ClN3. The Morgan fingerprint density at radius 2 is 2.25 bits per heavy atom. The fourth-order valence-corrected chi connectivity index (χ4v) is 1.85. The molecule has 1 unspecified atom stereocenters. The van der Waals surface area contributed by atoms with E-state index < -0.39 is 0 Å². The third-order valence-electron chi connectivity index (χ3n) is 3.25. The van der Waals surface area contributed by atoms with Crippen LogP contribution in [0.25, 0.3) is 11.0 Å². The molecule has 3 nitrogen and oxygen atoms in total. The molecule has 1 heterocycles. The second-order valence-electron chi connectivity index (χ2n) is 4.37. The van der Waals surface area contributed by atoms with E-state index in [2.05, 4.69) is 23.8 Å². The van der Waals surface area contributed by atoms with E-state index >= 15 is 0 Å². The largest absolute Gasteiger partial charge is 0.341 e. The van der Waals surface area contributed by atoms with E-state index in [9.17, 15) is 0 Å². The zero-order valence-electron chi connectivity index (χ0n) is 9.55. The summed E-state index contributed by atoms with van der Waals surface area (Å²) in [6.45, 7) is 4.82. The summed E-state index contributed by atoms with van der Waals surface area (Å²) in [7, 11) is 0. The maximum Gasteiger partial charge on any atom is 0.114 e. The molecule has 0 saturated heterocycles. The number of H-pyrrole nitrogens is 1. The van der Waals surface area contributed by atoms with Gasteiger partial charge in [0.05, 0.1) is 11.0 Å².